The lowest BCUT2D eigenvalue weighted by atomic mass is 10.2. The van der Waals surface area contributed by atoms with Crippen molar-refractivity contribution < 1.29 is 4.74 Å². The number of hydrogen-bond acceptors (Lipinski definition) is 4. The Balaban J connectivity index is 2.39. The fourth-order valence-electron chi connectivity index (χ4n) is 1.21. The second-order valence-electron chi connectivity index (χ2n) is 2.91. The first-order valence-corrected chi connectivity index (χ1v) is 4.38. The van der Waals surface area contributed by atoms with Gasteiger partial charge in [0.2, 0.25) is 5.90 Å². The third-order valence-corrected chi connectivity index (χ3v) is 1.98. The minimum Gasteiger partial charge on any atom is -0.481 e. The van der Waals surface area contributed by atoms with Crippen LogP contribution in [0.5, 0.6) is 0 Å². The molecule has 2 rings (SSSR count). The van der Waals surface area contributed by atoms with E-state index in [4.69, 9.17) is 10.1 Å². The summed E-state index contributed by atoms with van der Waals surface area (Å²) in [7, 11) is 1.47. The van der Waals surface area contributed by atoms with Gasteiger partial charge in [0.25, 0.3) is 0 Å². The van der Waals surface area contributed by atoms with Crippen molar-refractivity contribution in [2.24, 2.45) is 0 Å². The number of nitrogens with zero attached hydrogens (tertiary/aromatic N) is 3. The molecule has 0 bridgehead atoms. The van der Waals surface area contributed by atoms with Gasteiger partial charge in [0, 0.05) is 24.2 Å². The van der Waals surface area contributed by atoms with Crippen molar-refractivity contribution in [2.45, 2.75) is 0 Å². The van der Waals surface area contributed by atoms with Gasteiger partial charge in [-0.3, -0.25) is 9.98 Å². The summed E-state index contributed by atoms with van der Waals surface area (Å²) in [5.41, 5.74) is 0.691. The standard InChI is InChI=1S/C10H10N4O/c1-15-10(11)8-2-3-13-9(6-8)14-5-4-12-7-14/h2-7,11H,1H3. The highest BCUT2D eigenvalue weighted by Crippen LogP contribution is 2.07. The van der Waals surface area contributed by atoms with Crippen LogP contribution >= 0.6 is 0 Å². The minimum atomic E-state index is 0.124. The second kappa shape index (κ2) is 3.91. The molecule has 0 saturated carbocycles. The van der Waals surface area contributed by atoms with Crippen LogP contribution in [-0.4, -0.2) is 27.5 Å². The lowest BCUT2D eigenvalue weighted by Gasteiger charge is -2.04. The molecule has 0 unspecified atom stereocenters. The molecule has 1 N–H and O–H groups in total. The summed E-state index contributed by atoms with van der Waals surface area (Å²) in [6, 6.07) is 3.50. The summed E-state index contributed by atoms with van der Waals surface area (Å²) in [6.07, 6.45) is 6.76. The summed E-state index contributed by atoms with van der Waals surface area (Å²) in [6.45, 7) is 0. The van der Waals surface area contributed by atoms with Gasteiger partial charge in [-0.05, 0) is 12.1 Å². The fourth-order valence-corrected chi connectivity index (χ4v) is 1.21. The molecule has 15 heavy (non-hydrogen) atoms. The van der Waals surface area contributed by atoms with Crippen molar-refractivity contribution in [2.75, 3.05) is 7.11 Å². The first kappa shape index (κ1) is 9.39. The number of hydrogen-bond donors (Lipinski definition) is 1. The van der Waals surface area contributed by atoms with Crippen LogP contribution < -0.4 is 0 Å². The Labute approximate surface area is 86.9 Å². The van der Waals surface area contributed by atoms with Crippen molar-refractivity contribution in [1.29, 1.82) is 5.41 Å². The molecule has 5 nitrogen and oxygen atoms in total. The Kier molecular flexibility index (Phi) is 2.45. The zero-order chi connectivity index (χ0) is 10.7. The number of rotatable bonds is 2. The molecular weight excluding hydrogens is 192 g/mol. The SMILES string of the molecule is COC(=N)c1ccnc(-n2ccnc2)c1. The number of imidazole rings is 1. The highest BCUT2D eigenvalue weighted by Gasteiger charge is 2.03. The molecule has 0 fully saturated rings. The number of pyridine rings is 1. The van der Waals surface area contributed by atoms with E-state index in [0.717, 1.165) is 0 Å². The Hall–Kier alpha value is -2.17. The van der Waals surface area contributed by atoms with Gasteiger partial charge in [-0.1, -0.05) is 0 Å². The van der Waals surface area contributed by atoms with Gasteiger partial charge in [0.1, 0.15) is 12.1 Å². The summed E-state index contributed by atoms with van der Waals surface area (Å²) in [4.78, 5) is 8.10. The van der Waals surface area contributed by atoms with E-state index in [0.29, 0.717) is 11.4 Å². The zero-order valence-electron chi connectivity index (χ0n) is 8.21. The Morgan fingerprint density at radius 2 is 2.33 bits per heavy atom. The predicted octanol–water partition coefficient (Wildman–Crippen LogP) is 1.24. The lowest BCUT2D eigenvalue weighted by Crippen LogP contribution is -2.03. The van der Waals surface area contributed by atoms with Crippen LogP contribution in [0.15, 0.2) is 37.1 Å². The first-order valence-electron chi connectivity index (χ1n) is 4.38. The van der Waals surface area contributed by atoms with E-state index in [-0.39, 0.29) is 5.90 Å². The Morgan fingerprint density at radius 3 is 3.00 bits per heavy atom. The zero-order valence-corrected chi connectivity index (χ0v) is 8.21. The minimum absolute atomic E-state index is 0.124. The molecular formula is C10H10N4O. The molecule has 2 aromatic rings. The average Bonchev–Trinajstić information content (AvgIpc) is 2.82. The van der Waals surface area contributed by atoms with Crippen molar-refractivity contribution >= 4 is 5.90 Å². The van der Waals surface area contributed by atoms with Crippen LogP contribution in [0, 0.1) is 5.41 Å². The monoisotopic (exact) mass is 202 g/mol. The van der Waals surface area contributed by atoms with Crippen molar-refractivity contribution in [3.63, 3.8) is 0 Å². The van der Waals surface area contributed by atoms with E-state index in [1.807, 2.05) is 0 Å². The van der Waals surface area contributed by atoms with E-state index in [1.54, 1.807) is 41.6 Å². The third-order valence-electron chi connectivity index (χ3n) is 1.98. The van der Waals surface area contributed by atoms with Crippen LogP contribution in [0.25, 0.3) is 5.82 Å². The van der Waals surface area contributed by atoms with E-state index < -0.39 is 0 Å². The van der Waals surface area contributed by atoms with Gasteiger partial charge in [-0.2, -0.15) is 0 Å². The second-order valence-corrected chi connectivity index (χ2v) is 2.91. The maximum Gasteiger partial charge on any atom is 0.213 e. The summed E-state index contributed by atoms with van der Waals surface area (Å²) in [5.74, 6) is 0.838. The summed E-state index contributed by atoms with van der Waals surface area (Å²) >= 11 is 0. The van der Waals surface area contributed by atoms with Gasteiger partial charge in [-0.25, -0.2) is 9.97 Å². The van der Waals surface area contributed by atoms with E-state index in [2.05, 4.69) is 9.97 Å². The largest absolute Gasteiger partial charge is 0.481 e. The predicted molar refractivity (Wildman–Crippen MR) is 55.2 cm³/mol. The van der Waals surface area contributed by atoms with Crippen molar-refractivity contribution in [3.8, 4) is 5.82 Å². The van der Waals surface area contributed by atoms with Crippen LogP contribution in [0.2, 0.25) is 0 Å². The van der Waals surface area contributed by atoms with Crippen molar-refractivity contribution in [1.82, 2.24) is 14.5 Å². The molecule has 0 amide bonds. The van der Waals surface area contributed by atoms with Gasteiger partial charge in [-0.15, -0.1) is 0 Å². The topological polar surface area (TPSA) is 63.8 Å². The number of ether oxygens (including phenoxy) is 1. The molecule has 2 aromatic heterocycles. The maximum absolute atomic E-state index is 7.53. The molecule has 2 heterocycles. The highest BCUT2D eigenvalue weighted by molar-refractivity contribution is 5.91. The van der Waals surface area contributed by atoms with Gasteiger partial charge >= 0.3 is 0 Å². The van der Waals surface area contributed by atoms with E-state index in [1.165, 1.54) is 7.11 Å². The average molecular weight is 202 g/mol. The molecule has 0 radical (unpaired) electrons. The normalized spacial score (nSPS) is 9.93. The Bertz CT molecular complexity index is 464. The van der Waals surface area contributed by atoms with Gasteiger partial charge in [0.05, 0.1) is 7.11 Å². The molecule has 0 aliphatic rings. The van der Waals surface area contributed by atoms with Crippen LogP contribution in [0.4, 0.5) is 0 Å². The van der Waals surface area contributed by atoms with Crippen LogP contribution in [0.1, 0.15) is 5.56 Å². The van der Waals surface area contributed by atoms with E-state index >= 15 is 0 Å². The van der Waals surface area contributed by atoms with Crippen LogP contribution in [0.3, 0.4) is 0 Å². The van der Waals surface area contributed by atoms with E-state index in [9.17, 15) is 0 Å². The van der Waals surface area contributed by atoms with Gasteiger partial charge < -0.3 is 4.74 Å². The number of aromatic nitrogens is 3. The maximum atomic E-state index is 7.53. The summed E-state index contributed by atoms with van der Waals surface area (Å²) < 4.78 is 6.61. The molecule has 0 aliphatic carbocycles. The molecule has 0 aromatic carbocycles. The van der Waals surface area contributed by atoms with Crippen molar-refractivity contribution in [3.05, 3.63) is 42.6 Å². The smallest absolute Gasteiger partial charge is 0.213 e. The number of nitrogens with one attached hydrogen (secondary N) is 1. The summed E-state index contributed by atoms with van der Waals surface area (Å²) in [5, 5.41) is 7.53. The third kappa shape index (κ3) is 1.85. The molecule has 0 spiro atoms. The fraction of sp³-hybridized carbons (Fsp3) is 0.100. The highest BCUT2D eigenvalue weighted by atomic mass is 16.5. The molecule has 5 heteroatoms. The van der Waals surface area contributed by atoms with Crippen LogP contribution in [-0.2, 0) is 4.74 Å². The molecule has 76 valence electrons. The Morgan fingerprint density at radius 1 is 1.47 bits per heavy atom. The molecule has 0 saturated heterocycles. The molecule has 0 atom stereocenters. The first-order chi connectivity index (χ1) is 7.31. The molecule has 0 aliphatic heterocycles. The lowest BCUT2D eigenvalue weighted by molar-refractivity contribution is 0.401. The quantitative estimate of drug-likeness (QED) is 0.588. The van der Waals surface area contributed by atoms with Gasteiger partial charge in [0.15, 0.2) is 0 Å². The number of methoxy groups -OCH3 is 1.